The summed E-state index contributed by atoms with van der Waals surface area (Å²) in [5.74, 6) is -1.13. The fraction of sp³-hybridized carbons (Fsp3) is 0.217. The average Bonchev–Trinajstić information content (AvgIpc) is 3.47. The third-order valence-corrected chi connectivity index (χ3v) is 5.25. The van der Waals surface area contributed by atoms with E-state index < -0.39 is 11.7 Å². The normalized spacial score (nSPS) is 14.5. The van der Waals surface area contributed by atoms with E-state index in [-0.39, 0.29) is 11.7 Å². The lowest BCUT2D eigenvalue weighted by atomic mass is 10.1. The molecule has 2 aromatic heterocycles. The molecule has 5 rings (SSSR count). The second-order valence-electron chi connectivity index (χ2n) is 7.62. The Morgan fingerprint density at radius 1 is 1.16 bits per heavy atom. The summed E-state index contributed by atoms with van der Waals surface area (Å²) in [7, 11) is 0. The second kappa shape index (κ2) is 7.88. The monoisotopic (exact) mass is 417 g/mol. The molecule has 1 aliphatic rings. The fourth-order valence-electron chi connectivity index (χ4n) is 3.37. The lowest BCUT2D eigenvalue weighted by Crippen LogP contribution is -2.14. The zero-order chi connectivity index (χ0) is 21.4. The summed E-state index contributed by atoms with van der Waals surface area (Å²) in [6.45, 7) is 2.01. The molecular formula is C23H20FN5O2. The van der Waals surface area contributed by atoms with Crippen molar-refractivity contribution in [1.82, 2.24) is 20.4 Å². The number of fused-ring (bicyclic) bond motifs is 1. The molecule has 1 atom stereocenters. The van der Waals surface area contributed by atoms with Gasteiger partial charge in [-0.15, -0.1) is 5.10 Å². The molecule has 0 spiro atoms. The molecule has 0 aliphatic heterocycles. The Morgan fingerprint density at radius 2 is 1.97 bits per heavy atom. The predicted molar refractivity (Wildman–Crippen MR) is 114 cm³/mol. The number of amides is 1. The summed E-state index contributed by atoms with van der Waals surface area (Å²) in [6, 6.07) is 15.3. The van der Waals surface area contributed by atoms with E-state index in [9.17, 15) is 9.18 Å². The first-order chi connectivity index (χ1) is 15.1. The minimum absolute atomic E-state index is 0.00119. The maximum atomic E-state index is 14.4. The number of H-pyrrole nitrogens is 1. The van der Waals surface area contributed by atoms with Crippen LogP contribution in [-0.4, -0.2) is 32.4 Å². The van der Waals surface area contributed by atoms with Crippen LogP contribution >= 0.6 is 0 Å². The SMILES string of the molecule is CC(OC1CC1)c1ccc(NC(=O)c2cc(-c3ccc4nn[nH]c4n3)ccc2F)cc1. The molecule has 1 aliphatic carbocycles. The maximum Gasteiger partial charge on any atom is 0.258 e. The van der Waals surface area contributed by atoms with Crippen LogP contribution in [0.3, 0.4) is 0 Å². The highest BCUT2D eigenvalue weighted by Gasteiger charge is 2.25. The van der Waals surface area contributed by atoms with Crippen molar-refractivity contribution in [1.29, 1.82) is 0 Å². The molecule has 31 heavy (non-hydrogen) atoms. The largest absolute Gasteiger partial charge is 0.371 e. The number of aromatic nitrogens is 4. The second-order valence-corrected chi connectivity index (χ2v) is 7.62. The molecule has 1 saturated carbocycles. The minimum Gasteiger partial charge on any atom is -0.371 e. The van der Waals surface area contributed by atoms with Crippen molar-refractivity contribution in [3.05, 3.63) is 71.5 Å². The van der Waals surface area contributed by atoms with Crippen LogP contribution in [0.15, 0.2) is 54.6 Å². The topological polar surface area (TPSA) is 92.8 Å². The highest BCUT2D eigenvalue weighted by Crippen LogP contribution is 2.31. The molecule has 2 N–H and O–H groups in total. The van der Waals surface area contributed by atoms with E-state index >= 15 is 0 Å². The molecule has 0 saturated heterocycles. The van der Waals surface area contributed by atoms with Gasteiger partial charge in [0.25, 0.3) is 5.91 Å². The molecule has 1 unspecified atom stereocenters. The van der Waals surface area contributed by atoms with E-state index in [0.717, 1.165) is 18.4 Å². The Labute approximate surface area is 177 Å². The van der Waals surface area contributed by atoms with Gasteiger partial charge in [-0.25, -0.2) is 14.5 Å². The highest BCUT2D eigenvalue weighted by molar-refractivity contribution is 6.05. The van der Waals surface area contributed by atoms with Crippen LogP contribution in [0.1, 0.15) is 41.8 Å². The predicted octanol–water partition coefficient (Wildman–Crippen LogP) is 4.65. The molecule has 0 radical (unpaired) electrons. The maximum absolute atomic E-state index is 14.4. The highest BCUT2D eigenvalue weighted by atomic mass is 19.1. The van der Waals surface area contributed by atoms with Crippen LogP contribution in [-0.2, 0) is 4.74 Å². The van der Waals surface area contributed by atoms with Crippen molar-refractivity contribution in [3.8, 4) is 11.3 Å². The van der Waals surface area contributed by atoms with Gasteiger partial charge in [0.2, 0.25) is 0 Å². The number of benzene rings is 2. The number of ether oxygens (including phenoxy) is 1. The van der Waals surface area contributed by atoms with Gasteiger partial charge in [0, 0.05) is 11.3 Å². The van der Waals surface area contributed by atoms with Crippen molar-refractivity contribution in [2.75, 3.05) is 5.32 Å². The molecule has 2 aromatic carbocycles. The third-order valence-electron chi connectivity index (χ3n) is 5.25. The summed E-state index contributed by atoms with van der Waals surface area (Å²) < 4.78 is 20.3. The average molecular weight is 417 g/mol. The standard InChI is InChI=1S/C23H20FN5O2/c1-13(31-17-7-8-17)14-2-5-16(6-3-14)25-23(30)18-12-15(4-9-19(18)24)20-10-11-21-22(26-20)28-29-27-21/h2-6,9-13,17H,7-8H2,1H3,(H,25,30)(H,26,27,28,29). The molecule has 0 bridgehead atoms. The van der Waals surface area contributed by atoms with Crippen LogP contribution in [0.2, 0.25) is 0 Å². The lowest BCUT2D eigenvalue weighted by molar-refractivity contribution is 0.0519. The van der Waals surface area contributed by atoms with Gasteiger partial charge in [-0.3, -0.25) is 4.79 Å². The van der Waals surface area contributed by atoms with Gasteiger partial charge in [0.05, 0.1) is 23.5 Å². The van der Waals surface area contributed by atoms with E-state index in [1.165, 1.54) is 12.1 Å². The number of nitrogens with zero attached hydrogens (tertiary/aromatic N) is 3. The first kappa shape index (κ1) is 19.3. The van der Waals surface area contributed by atoms with Gasteiger partial charge in [0.15, 0.2) is 5.65 Å². The van der Waals surface area contributed by atoms with Crippen molar-refractivity contribution in [3.63, 3.8) is 0 Å². The Balaban J connectivity index is 1.34. The van der Waals surface area contributed by atoms with Crippen LogP contribution in [0, 0.1) is 5.82 Å². The number of carbonyl (C=O) groups is 1. The molecule has 1 amide bonds. The fourth-order valence-corrected chi connectivity index (χ4v) is 3.37. The number of halogens is 1. The number of anilines is 1. The molecule has 156 valence electrons. The Morgan fingerprint density at radius 3 is 2.74 bits per heavy atom. The molecule has 1 fully saturated rings. The quantitative estimate of drug-likeness (QED) is 0.476. The van der Waals surface area contributed by atoms with Gasteiger partial charge in [-0.1, -0.05) is 17.3 Å². The summed E-state index contributed by atoms with van der Waals surface area (Å²) in [5, 5.41) is 13.1. The van der Waals surface area contributed by atoms with E-state index in [4.69, 9.17) is 4.74 Å². The Hall–Kier alpha value is -3.65. The van der Waals surface area contributed by atoms with Gasteiger partial charge < -0.3 is 10.1 Å². The van der Waals surface area contributed by atoms with E-state index in [1.807, 2.05) is 19.1 Å². The molecule has 2 heterocycles. The van der Waals surface area contributed by atoms with Gasteiger partial charge in [0.1, 0.15) is 11.3 Å². The number of aromatic amines is 1. The first-order valence-corrected chi connectivity index (χ1v) is 10.1. The molecular weight excluding hydrogens is 397 g/mol. The van der Waals surface area contributed by atoms with Crippen molar-refractivity contribution in [2.45, 2.75) is 32.0 Å². The molecule has 4 aromatic rings. The van der Waals surface area contributed by atoms with Gasteiger partial charge in [-0.2, -0.15) is 0 Å². The third kappa shape index (κ3) is 4.15. The summed E-state index contributed by atoms with van der Waals surface area (Å²) in [6.07, 6.45) is 2.60. The van der Waals surface area contributed by atoms with E-state index in [0.29, 0.717) is 34.2 Å². The number of pyridine rings is 1. The van der Waals surface area contributed by atoms with Crippen molar-refractivity contribution >= 4 is 22.8 Å². The smallest absolute Gasteiger partial charge is 0.258 e. The van der Waals surface area contributed by atoms with Crippen LogP contribution in [0.5, 0.6) is 0 Å². The number of hydrogen-bond donors (Lipinski definition) is 2. The first-order valence-electron chi connectivity index (χ1n) is 10.1. The number of carbonyl (C=O) groups excluding carboxylic acids is 1. The van der Waals surface area contributed by atoms with Crippen molar-refractivity contribution < 1.29 is 13.9 Å². The zero-order valence-electron chi connectivity index (χ0n) is 16.8. The molecule has 8 heteroatoms. The van der Waals surface area contributed by atoms with Crippen LogP contribution in [0.25, 0.3) is 22.4 Å². The van der Waals surface area contributed by atoms with Crippen LogP contribution in [0.4, 0.5) is 10.1 Å². The number of rotatable bonds is 6. The summed E-state index contributed by atoms with van der Waals surface area (Å²) in [4.78, 5) is 17.2. The summed E-state index contributed by atoms with van der Waals surface area (Å²) in [5.41, 5.74) is 3.91. The van der Waals surface area contributed by atoms with E-state index in [1.54, 1.807) is 30.3 Å². The van der Waals surface area contributed by atoms with Crippen molar-refractivity contribution in [2.24, 2.45) is 0 Å². The number of hydrogen-bond acceptors (Lipinski definition) is 5. The van der Waals surface area contributed by atoms with Crippen LogP contribution < -0.4 is 5.32 Å². The van der Waals surface area contributed by atoms with E-state index in [2.05, 4.69) is 25.7 Å². The zero-order valence-corrected chi connectivity index (χ0v) is 16.8. The molecule has 7 nitrogen and oxygen atoms in total. The number of nitrogens with one attached hydrogen (secondary N) is 2. The van der Waals surface area contributed by atoms with Gasteiger partial charge >= 0.3 is 0 Å². The summed E-state index contributed by atoms with van der Waals surface area (Å²) >= 11 is 0. The lowest BCUT2D eigenvalue weighted by Gasteiger charge is -2.14. The van der Waals surface area contributed by atoms with Gasteiger partial charge in [-0.05, 0) is 67.8 Å². The minimum atomic E-state index is -0.603. The Bertz CT molecular complexity index is 1250. The Kier molecular flexibility index (Phi) is 4.91.